The molecule has 1 amide bonds. The fourth-order valence-corrected chi connectivity index (χ4v) is 4.28. The maximum atomic E-state index is 12.7. The van der Waals surface area contributed by atoms with Crippen LogP contribution in [0.2, 0.25) is 0 Å². The van der Waals surface area contributed by atoms with Crippen molar-refractivity contribution in [2.75, 3.05) is 13.1 Å². The number of aryl methyl sites for hydroxylation is 2. The average molecular weight is 332 g/mol. The quantitative estimate of drug-likeness (QED) is 0.611. The second-order valence-electron chi connectivity index (χ2n) is 5.91. The lowest BCUT2D eigenvalue weighted by Gasteiger charge is -2.20. The van der Waals surface area contributed by atoms with Crippen LogP contribution >= 0.6 is 11.3 Å². The smallest absolute Gasteiger partial charge is 0.247 e. The van der Waals surface area contributed by atoms with Gasteiger partial charge in [0.25, 0.3) is 0 Å². The standard InChI is InChI=1S/C18H24N2O2S/c1-3-20(4-2)18(22)14(12-19)17(21)16-11-13-9-7-5-6-8-10-15(13)23-16/h11,14H,3-10H2,1-2H3/t14-/m1/s1. The van der Waals surface area contributed by atoms with Crippen LogP contribution in [0.25, 0.3) is 0 Å². The third-order valence-corrected chi connectivity index (χ3v) is 5.70. The van der Waals surface area contributed by atoms with Crippen LogP contribution in [0.4, 0.5) is 0 Å². The summed E-state index contributed by atoms with van der Waals surface area (Å²) in [7, 11) is 0. The van der Waals surface area contributed by atoms with Gasteiger partial charge in [-0.1, -0.05) is 12.8 Å². The van der Waals surface area contributed by atoms with Gasteiger partial charge in [0.05, 0.1) is 10.9 Å². The number of amides is 1. The molecule has 1 heterocycles. The number of thiophene rings is 1. The first-order chi connectivity index (χ1) is 11.1. The molecule has 0 saturated heterocycles. The Kier molecular flexibility index (Phi) is 6.35. The molecule has 1 aliphatic rings. The predicted octanol–water partition coefficient (Wildman–Crippen LogP) is 3.60. The van der Waals surface area contributed by atoms with E-state index in [9.17, 15) is 14.9 Å². The van der Waals surface area contributed by atoms with Crippen molar-refractivity contribution in [3.05, 3.63) is 21.4 Å². The van der Waals surface area contributed by atoms with Crippen molar-refractivity contribution in [2.24, 2.45) is 5.92 Å². The molecule has 0 spiro atoms. The topological polar surface area (TPSA) is 61.2 Å². The molecule has 0 saturated carbocycles. The molecular weight excluding hydrogens is 308 g/mol. The van der Waals surface area contributed by atoms with Crippen LogP contribution in [-0.2, 0) is 17.6 Å². The van der Waals surface area contributed by atoms with Crippen LogP contribution in [0.15, 0.2) is 6.07 Å². The zero-order chi connectivity index (χ0) is 16.8. The van der Waals surface area contributed by atoms with Crippen molar-refractivity contribution in [3.63, 3.8) is 0 Å². The molecule has 2 rings (SSSR count). The van der Waals surface area contributed by atoms with E-state index in [4.69, 9.17) is 0 Å². The first-order valence-electron chi connectivity index (χ1n) is 8.46. The highest BCUT2D eigenvalue weighted by Crippen LogP contribution is 2.30. The Bertz CT molecular complexity index is 586. The van der Waals surface area contributed by atoms with E-state index in [-0.39, 0.29) is 11.7 Å². The normalized spacial score (nSPS) is 15.7. The van der Waals surface area contributed by atoms with Gasteiger partial charge < -0.3 is 4.90 Å². The summed E-state index contributed by atoms with van der Waals surface area (Å²) in [4.78, 5) is 28.5. The van der Waals surface area contributed by atoms with Crippen molar-refractivity contribution in [1.29, 1.82) is 5.26 Å². The molecule has 1 atom stereocenters. The summed E-state index contributed by atoms with van der Waals surface area (Å²) in [5.74, 6) is -1.91. The number of rotatable bonds is 5. The SMILES string of the molecule is CCN(CC)C(=O)[C@H](C#N)C(=O)c1cc2c(s1)CCCCCC2. The van der Waals surface area contributed by atoms with Gasteiger partial charge in [0.15, 0.2) is 11.7 Å². The minimum Gasteiger partial charge on any atom is -0.342 e. The zero-order valence-electron chi connectivity index (χ0n) is 13.9. The second kappa shape index (κ2) is 8.26. The molecule has 1 aromatic rings. The van der Waals surface area contributed by atoms with Crippen LogP contribution in [0, 0.1) is 17.2 Å². The molecule has 1 aliphatic carbocycles. The molecule has 5 heteroatoms. The summed E-state index contributed by atoms with van der Waals surface area (Å²) < 4.78 is 0. The molecule has 0 bridgehead atoms. The fourth-order valence-electron chi connectivity index (χ4n) is 3.05. The van der Waals surface area contributed by atoms with E-state index in [1.165, 1.54) is 34.6 Å². The Morgan fingerprint density at radius 1 is 1.22 bits per heavy atom. The number of hydrogen-bond acceptors (Lipinski definition) is 4. The van der Waals surface area contributed by atoms with Gasteiger partial charge in [-0.3, -0.25) is 9.59 Å². The van der Waals surface area contributed by atoms with Gasteiger partial charge in [-0.05, 0) is 51.2 Å². The Morgan fingerprint density at radius 3 is 2.48 bits per heavy atom. The highest BCUT2D eigenvalue weighted by Gasteiger charge is 2.32. The molecule has 0 aliphatic heterocycles. The highest BCUT2D eigenvalue weighted by atomic mass is 32.1. The van der Waals surface area contributed by atoms with Gasteiger partial charge in [0.2, 0.25) is 5.91 Å². The number of Topliss-reactive ketones (excluding diaryl/α,β-unsaturated/α-hetero) is 1. The molecule has 4 nitrogen and oxygen atoms in total. The van der Waals surface area contributed by atoms with Crippen LogP contribution < -0.4 is 0 Å². The van der Waals surface area contributed by atoms with Crippen LogP contribution in [0.1, 0.15) is 59.6 Å². The lowest BCUT2D eigenvalue weighted by molar-refractivity contribution is -0.132. The summed E-state index contributed by atoms with van der Waals surface area (Å²) in [5.41, 5.74) is 1.24. The summed E-state index contributed by atoms with van der Waals surface area (Å²) >= 11 is 1.48. The van der Waals surface area contributed by atoms with Crippen molar-refractivity contribution >= 4 is 23.0 Å². The number of nitrogens with zero attached hydrogens (tertiary/aromatic N) is 2. The predicted molar refractivity (Wildman–Crippen MR) is 91.6 cm³/mol. The van der Waals surface area contributed by atoms with Crippen molar-refractivity contribution in [1.82, 2.24) is 4.90 Å². The molecule has 23 heavy (non-hydrogen) atoms. The van der Waals surface area contributed by atoms with E-state index < -0.39 is 5.92 Å². The molecule has 1 aromatic heterocycles. The first kappa shape index (κ1) is 17.7. The first-order valence-corrected chi connectivity index (χ1v) is 9.28. The molecule has 0 fully saturated rings. The van der Waals surface area contributed by atoms with E-state index in [0.29, 0.717) is 18.0 Å². The highest BCUT2D eigenvalue weighted by molar-refractivity contribution is 7.14. The second-order valence-corrected chi connectivity index (χ2v) is 7.05. The molecule has 0 radical (unpaired) electrons. The molecule has 124 valence electrons. The van der Waals surface area contributed by atoms with E-state index >= 15 is 0 Å². The summed E-state index contributed by atoms with van der Waals surface area (Å²) in [6.07, 6.45) is 6.79. The minimum atomic E-state index is -1.21. The van der Waals surface area contributed by atoms with Gasteiger partial charge in [0.1, 0.15) is 0 Å². The maximum Gasteiger partial charge on any atom is 0.247 e. The van der Waals surface area contributed by atoms with Gasteiger partial charge in [-0.15, -0.1) is 11.3 Å². The van der Waals surface area contributed by atoms with Gasteiger partial charge in [0, 0.05) is 18.0 Å². The number of hydrogen-bond donors (Lipinski definition) is 0. The van der Waals surface area contributed by atoms with Gasteiger partial charge in [-0.2, -0.15) is 5.26 Å². The largest absolute Gasteiger partial charge is 0.342 e. The number of fused-ring (bicyclic) bond motifs is 1. The molecule has 0 N–H and O–H groups in total. The fraction of sp³-hybridized carbons (Fsp3) is 0.611. The molecule has 0 unspecified atom stereocenters. The van der Waals surface area contributed by atoms with Crippen LogP contribution in [0.3, 0.4) is 0 Å². The Morgan fingerprint density at radius 2 is 1.87 bits per heavy atom. The van der Waals surface area contributed by atoms with Crippen LogP contribution in [0.5, 0.6) is 0 Å². The van der Waals surface area contributed by atoms with E-state index in [1.54, 1.807) is 4.90 Å². The Labute approximate surface area is 142 Å². The zero-order valence-corrected chi connectivity index (χ0v) is 14.7. The third kappa shape index (κ3) is 4.00. The van der Waals surface area contributed by atoms with E-state index in [0.717, 1.165) is 25.7 Å². The average Bonchev–Trinajstić information content (AvgIpc) is 2.91. The van der Waals surface area contributed by atoms with Crippen LogP contribution in [-0.4, -0.2) is 29.7 Å². The maximum absolute atomic E-state index is 12.7. The monoisotopic (exact) mass is 332 g/mol. The van der Waals surface area contributed by atoms with Gasteiger partial charge in [-0.25, -0.2) is 0 Å². The van der Waals surface area contributed by atoms with Gasteiger partial charge >= 0.3 is 0 Å². The summed E-state index contributed by atoms with van der Waals surface area (Å²) in [6, 6.07) is 3.84. The number of carbonyl (C=O) groups is 2. The van der Waals surface area contributed by atoms with Crippen molar-refractivity contribution in [3.8, 4) is 6.07 Å². The van der Waals surface area contributed by atoms with Crippen molar-refractivity contribution < 1.29 is 9.59 Å². The Hall–Kier alpha value is -1.67. The minimum absolute atomic E-state index is 0.332. The summed E-state index contributed by atoms with van der Waals surface area (Å²) in [5, 5.41) is 9.35. The summed E-state index contributed by atoms with van der Waals surface area (Å²) in [6.45, 7) is 4.75. The number of nitriles is 1. The molecule has 0 aromatic carbocycles. The lowest BCUT2D eigenvalue weighted by atomic mass is 9.98. The molecular formula is C18H24N2O2S. The number of ketones is 1. The lowest BCUT2D eigenvalue weighted by Crippen LogP contribution is -2.38. The number of carbonyl (C=O) groups excluding carboxylic acids is 2. The van der Waals surface area contributed by atoms with Crippen molar-refractivity contribution in [2.45, 2.75) is 52.4 Å². The van der Waals surface area contributed by atoms with E-state index in [2.05, 4.69) is 0 Å². The third-order valence-electron chi connectivity index (χ3n) is 4.45. The van der Waals surface area contributed by atoms with E-state index in [1.807, 2.05) is 26.0 Å². The Balaban J connectivity index is 2.23.